The zero-order chi connectivity index (χ0) is 16.5. The Bertz CT molecular complexity index is 579. The van der Waals surface area contributed by atoms with E-state index >= 15 is 0 Å². The van der Waals surface area contributed by atoms with Crippen LogP contribution in [0.2, 0.25) is 0 Å². The van der Waals surface area contributed by atoms with Crippen molar-refractivity contribution < 1.29 is 27.9 Å². The quantitative estimate of drug-likeness (QED) is 0.765. The number of primary amides is 1. The predicted octanol–water partition coefficient (Wildman–Crippen LogP) is 1.27. The van der Waals surface area contributed by atoms with Gasteiger partial charge in [0.1, 0.15) is 0 Å². The first-order chi connectivity index (χ1) is 10.2. The van der Waals surface area contributed by atoms with Crippen molar-refractivity contribution >= 4 is 11.9 Å². The SMILES string of the molecule is NC(=O)c1ccn2c1C(C1CC1)NCC2.O=C(O)C(F)(F)F. The van der Waals surface area contributed by atoms with Crippen molar-refractivity contribution in [3.8, 4) is 0 Å². The fraction of sp³-hybridized carbons (Fsp3) is 0.538. The van der Waals surface area contributed by atoms with Crippen LogP contribution in [0.25, 0.3) is 0 Å². The molecule has 0 aromatic carbocycles. The third kappa shape index (κ3) is 3.59. The Morgan fingerprint density at radius 1 is 1.36 bits per heavy atom. The van der Waals surface area contributed by atoms with Gasteiger partial charge < -0.3 is 20.7 Å². The van der Waals surface area contributed by atoms with E-state index in [-0.39, 0.29) is 5.91 Å². The molecule has 1 amide bonds. The lowest BCUT2D eigenvalue weighted by Crippen LogP contribution is -2.35. The topological polar surface area (TPSA) is 97.4 Å². The molecular weight excluding hydrogens is 303 g/mol. The van der Waals surface area contributed by atoms with Crippen molar-refractivity contribution in [1.82, 2.24) is 9.88 Å². The van der Waals surface area contributed by atoms with Crippen molar-refractivity contribution in [1.29, 1.82) is 0 Å². The number of halogens is 3. The fourth-order valence-corrected chi connectivity index (χ4v) is 2.49. The summed E-state index contributed by atoms with van der Waals surface area (Å²) in [4.78, 5) is 20.2. The summed E-state index contributed by atoms with van der Waals surface area (Å²) in [5, 5.41) is 10.6. The molecule has 6 nitrogen and oxygen atoms in total. The molecule has 9 heteroatoms. The molecule has 2 aliphatic rings. The number of hydrogen-bond acceptors (Lipinski definition) is 3. The predicted molar refractivity (Wildman–Crippen MR) is 70.1 cm³/mol. The largest absolute Gasteiger partial charge is 0.490 e. The lowest BCUT2D eigenvalue weighted by atomic mass is 10.0. The van der Waals surface area contributed by atoms with E-state index in [4.69, 9.17) is 15.6 Å². The standard InChI is InChI=1S/C11H15N3O.C2HF3O2/c12-11(15)8-3-5-14-6-4-13-9(10(8)14)7-1-2-7;3-2(4,5)1(6)7/h3,5,7,9,13H,1-2,4,6H2,(H2,12,15);(H,6,7). The lowest BCUT2D eigenvalue weighted by Gasteiger charge is -2.27. The van der Waals surface area contributed by atoms with Crippen LogP contribution in [-0.4, -0.2) is 34.3 Å². The highest BCUT2D eigenvalue weighted by Gasteiger charge is 2.38. The molecule has 3 rings (SSSR count). The molecule has 22 heavy (non-hydrogen) atoms. The van der Waals surface area contributed by atoms with Gasteiger partial charge in [-0.1, -0.05) is 0 Å². The van der Waals surface area contributed by atoms with Gasteiger partial charge in [-0.25, -0.2) is 4.79 Å². The number of nitrogens with zero attached hydrogens (tertiary/aromatic N) is 1. The number of carbonyl (C=O) groups excluding carboxylic acids is 1. The average molecular weight is 319 g/mol. The fourth-order valence-electron chi connectivity index (χ4n) is 2.49. The Hall–Kier alpha value is -2.03. The zero-order valence-corrected chi connectivity index (χ0v) is 11.6. The maximum absolute atomic E-state index is 11.3. The molecular formula is C13H16F3N3O3. The summed E-state index contributed by atoms with van der Waals surface area (Å²) in [7, 11) is 0. The van der Waals surface area contributed by atoms with Crippen molar-refractivity contribution in [3.05, 3.63) is 23.5 Å². The number of alkyl halides is 3. The Labute approximate surface area is 124 Å². The molecule has 1 atom stereocenters. The maximum Gasteiger partial charge on any atom is 0.490 e. The number of aliphatic carboxylic acids is 1. The molecule has 4 N–H and O–H groups in total. The maximum atomic E-state index is 11.3. The van der Waals surface area contributed by atoms with Gasteiger partial charge in [-0.3, -0.25) is 4.79 Å². The summed E-state index contributed by atoms with van der Waals surface area (Å²) in [5.74, 6) is -2.36. The normalized spacial score (nSPS) is 20.6. The summed E-state index contributed by atoms with van der Waals surface area (Å²) in [5.41, 5.74) is 7.19. The molecule has 2 heterocycles. The van der Waals surface area contributed by atoms with Crippen LogP contribution in [0.5, 0.6) is 0 Å². The minimum absolute atomic E-state index is 0.307. The summed E-state index contributed by atoms with van der Waals surface area (Å²) in [6.45, 7) is 1.92. The Morgan fingerprint density at radius 3 is 2.41 bits per heavy atom. The van der Waals surface area contributed by atoms with E-state index in [1.165, 1.54) is 12.8 Å². The Kier molecular flexibility index (Phi) is 4.45. The van der Waals surface area contributed by atoms with Crippen molar-refractivity contribution in [2.75, 3.05) is 6.54 Å². The first kappa shape index (κ1) is 16.3. The number of carboxylic acid groups (broad SMARTS) is 1. The summed E-state index contributed by atoms with van der Waals surface area (Å²) in [6, 6.07) is 2.19. The van der Waals surface area contributed by atoms with Crippen LogP contribution in [0.4, 0.5) is 13.2 Å². The molecule has 0 bridgehead atoms. The van der Waals surface area contributed by atoms with Gasteiger partial charge in [0.05, 0.1) is 11.6 Å². The minimum Gasteiger partial charge on any atom is -0.475 e. The summed E-state index contributed by atoms with van der Waals surface area (Å²) in [6.07, 6.45) is -0.576. The molecule has 1 unspecified atom stereocenters. The number of carbonyl (C=O) groups is 2. The van der Waals surface area contributed by atoms with Crippen LogP contribution in [0.3, 0.4) is 0 Å². The van der Waals surface area contributed by atoms with Crippen LogP contribution in [0.1, 0.15) is 34.9 Å². The lowest BCUT2D eigenvalue weighted by molar-refractivity contribution is -0.192. The number of carboxylic acids is 1. The second-order valence-electron chi connectivity index (χ2n) is 5.24. The number of nitrogens with two attached hydrogens (primary N) is 1. The van der Waals surface area contributed by atoms with Crippen LogP contribution < -0.4 is 11.1 Å². The van der Waals surface area contributed by atoms with Crippen molar-refractivity contribution in [2.24, 2.45) is 11.7 Å². The van der Waals surface area contributed by atoms with E-state index in [2.05, 4.69) is 9.88 Å². The first-order valence-corrected chi connectivity index (χ1v) is 6.74. The first-order valence-electron chi connectivity index (χ1n) is 6.74. The number of fused-ring (bicyclic) bond motifs is 1. The van der Waals surface area contributed by atoms with E-state index in [0.29, 0.717) is 17.5 Å². The highest BCUT2D eigenvalue weighted by Crippen LogP contribution is 2.43. The molecule has 1 saturated carbocycles. The van der Waals surface area contributed by atoms with Gasteiger partial charge in [-0.05, 0) is 24.8 Å². The number of nitrogens with one attached hydrogen (secondary N) is 1. The minimum atomic E-state index is -5.08. The van der Waals surface area contributed by atoms with Gasteiger partial charge >= 0.3 is 12.1 Å². The monoisotopic (exact) mass is 319 g/mol. The van der Waals surface area contributed by atoms with Crippen LogP contribution in [0.15, 0.2) is 12.3 Å². The number of amides is 1. The molecule has 0 radical (unpaired) electrons. The zero-order valence-electron chi connectivity index (χ0n) is 11.6. The van der Waals surface area contributed by atoms with E-state index in [9.17, 15) is 18.0 Å². The van der Waals surface area contributed by atoms with Crippen LogP contribution in [-0.2, 0) is 11.3 Å². The van der Waals surface area contributed by atoms with Gasteiger partial charge in [0.25, 0.3) is 5.91 Å². The van der Waals surface area contributed by atoms with Gasteiger partial charge in [0.15, 0.2) is 0 Å². The third-order valence-corrected chi connectivity index (χ3v) is 3.62. The van der Waals surface area contributed by atoms with E-state index < -0.39 is 12.1 Å². The summed E-state index contributed by atoms with van der Waals surface area (Å²) < 4.78 is 33.9. The number of hydrogen-bond donors (Lipinski definition) is 3. The Morgan fingerprint density at radius 2 is 1.95 bits per heavy atom. The molecule has 122 valence electrons. The smallest absolute Gasteiger partial charge is 0.475 e. The number of rotatable bonds is 2. The molecule has 1 aromatic heterocycles. The molecule has 1 aliphatic heterocycles. The van der Waals surface area contributed by atoms with Gasteiger partial charge in [-0.15, -0.1) is 0 Å². The van der Waals surface area contributed by atoms with Gasteiger partial charge in [0.2, 0.25) is 0 Å². The number of aromatic nitrogens is 1. The van der Waals surface area contributed by atoms with Crippen molar-refractivity contribution in [2.45, 2.75) is 31.6 Å². The highest BCUT2D eigenvalue weighted by atomic mass is 19.4. The van der Waals surface area contributed by atoms with E-state index in [1.54, 1.807) is 0 Å². The van der Waals surface area contributed by atoms with Gasteiger partial charge in [-0.2, -0.15) is 13.2 Å². The van der Waals surface area contributed by atoms with Crippen LogP contribution in [0, 0.1) is 5.92 Å². The Balaban J connectivity index is 0.000000217. The van der Waals surface area contributed by atoms with Crippen molar-refractivity contribution in [3.63, 3.8) is 0 Å². The second kappa shape index (κ2) is 5.99. The van der Waals surface area contributed by atoms with E-state index in [0.717, 1.165) is 18.8 Å². The average Bonchev–Trinajstić information content (AvgIpc) is 3.16. The highest BCUT2D eigenvalue weighted by molar-refractivity contribution is 5.94. The third-order valence-electron chi connectivity index (χ3n) is 3.62. The van der Waals surface area contributed by atoms with Gasteiger partial charge in [0, 0.05) is 25.0 Å². The molecule has 1 fully saturated rings. The molecule has 0 spiro atoms. The molecule has 1 aromatic rings. The van der Waals surface area contributed by atoms with E-state index in [1.807, 2.05) is 12.3 Å². The summed E-state index contributed by atoms with van der Waals surface area (Å²) >= 11 is 0. The van der Waals surface area contributed by atoms with Crippen LogP contribution >= 0.6 is 0 Å². The molecule has 1 aliphatic carbocycles. The molecule has 0 saturated heterocycles. The second-order valence-corrected chi connectivity index (χ2v) is 5.24.